The van der Waals surface area contributed by atoms with E-state index in [0.717, 1.165) is 41.1 Å². The number of benzene rings is 1. The number of hydrogen-bond donors (Lipinski definition) is 2. The first kappa shape index (κ1) is 22.3. The summed E-state index contributed by atoms with van der Waals surface area (Å²) in [5, 5.41) is 19.9. The molecule has 0 radical (unpaired) electrons. The van der Waals surface area contributed by atoms with Gasteiger partial charge in [0.1, 0.15) is 17.6 Å². The van der Waals surface area contributed by atoms with Crippen LogP contribution in [0.2, 0.25) is 0 Å². The van der Waals surface area contributed by atoms with Crippen molar-refractivity contribution < 1.29 is 28.9 Å². The minimum atomic E-state index is -1.31. The highest BCUT2D eigenvalue weighted by atomic mass is 19.1. The molecule has 5 saturated carbocycles. The Hall–Kier alpha value is -2.15. The van der Waals surface area contributed by atoms with Gasteiger partial charge < -0.3 is 19.8 Å². The Labute approximate surface area is 199 Å². The molecule has 0 aromatic heterocycles. The van der Waals surface area contributed by atoms with Gasteiger partial charge in [-0.05, 0) is 93.6 Å². The quantitative estimate of drug-likeness (QED) is 0.644. The second kappa shape index (κ2) is 7.67. The van der Waals surface area contributed by atoms with Gasteiger partial charge in [0, 0.05) is 17.9 Å². The summed E-state index contributed by atoms with van der Waals surface area (Å²) in [6, 6.07) is 1.75. The fourth-order valence-corrected chi connectivity index (χ4v) is 7.93. The van der Waals surface area contributed by atoms with Gasteiger partial charge in [-0.3, -0.25) is 4.79 Å². The van der Waals surface area contributed by atoms with Gasteiger partial charge in [0.15, 0.2) is 0 Å². The van der Waals surface area contributed by atoms with Crippen LogP contribution in [0, 0.1) is 29.0 Å². The van der Waals surface area contributed by atoms with Crippen molar-refractivity contribution in [3.8, 4) is 5.75 Å². The lowest BCUT2D eigenvalue weighted by Crippen LogP contribution is -2.48. The number of amides is 1. The Morgan fingerprint density at radius 2 is 1.71 bits per heavy atom. The number of carbonyl (C=O) groups is 2. The first-order valence-electron chi connectivity index (χ1n) is 12.8. The van der Waals surface area contributed by atoms with Crippen molar-refractivity contribution in [3.63, 3.8) is 0 Å². The van der Waals surface area contributed by atoms with Gasteiger partial charge in [0.2, 0.25) is 0 Å². The van der Waals surface area contributed by atoms with E-state index < -0.39 is 29.3 Å². The zero-order valence-corrected chi connectivity index (χ0v) is 19.8. The highest BCUT2D eigenvalue weighted by molar-refractivity contribution is 5.97. The second-order valence-electron chi connectivity index (χ2n) is 12.3. The number of carbonyl (C=O) groups excluding carboxylic acids is 1. The summed E-state index contributed by atoms with van der Waals surface area (Å²) < 4.78 is 21.6. The third kappa shape index (κ3) is 3.90. The molecule has 1 aromatic rings. The molecule has 34 heavy (non-hydrogen) atoms. The van der Waals surface area contributed by atoms with Crippen molar-refractivity contribution in [3.05, 3.63) is 29.1 Å². The van der Waals surface area contributed by atoms with E-state index in [9.17, 15) is 19.8 Å². The van der Waals surface area contributed by atoms with E-state index in [1.54, 1.807) is 6.07 Å². The molecule has 1 saturated heterocycles. The molecule has 6 nitrogen and oxygen atoms in total. The second-order valence-corrected chi connectivity index (χ2v) is 12.3. The van der Waals surface area contributed by atoms with E-state index in [0.29, 0.717) is 12.4 Å². The van der Waals surface area contributed by atoms with E-state index in [4.69, 9.17) is 4.74 Å². The number of carboxylic acid groups (broad SMARTS) is 1. The predicted octanol–water partition coefficient (Wildman–Crippen LogP) is 4.35. The third-order valence-corrected chi connectivity index (χ3v) is 9.11. The fraction of sp³-hybridized carbons (Fsp3) is 0.704. The molecule has 1 aromatic carbocycles. The first-order valence-corrected chi connectivity index (χ1v) is 12.8. The summed E-state index contributed by atoms with van der Waals surface area (Å²) >= 11 is 0. The Kier molecular flexibility index (Phi) is 5.04. The minimum absolute atomic E-state index is 0.0720. The van der Waals surface area contributed by atoms with Crippen molar-refractivity contribution in [2.24, 2.45) is 23.2 Å². The molecule has 2 atom stereocenters. The Morgan fingerprint density at radius 1 is 1.09 bits per heavy atom. The fourth-order valence-electron chi connectivity index (χ4n) is 7.93. The van der Waals surface area contributed by atoms with Crippen LogP contribution in [0.1, 0.15) is 86.6 Å². The molecule has 1 aliphatic heterocycles. The van der Waals surface area contributed by atoms with Crippen LogP contribution in [0.15, 0.2) is 12.1 Å². The number of carboxylic acids is 1. The molecule has 7 heteroatoms. The molecule has 1 heterocycles. The molecule has 5 aliphatic carbocycles. The highest BCUT2D eigenvalue weighted by Crippen LogP contribution is 2.60. The molecular formula is C27H34FNO5. The van der Waals surface area contributed by atoms with Gasteiger partial charge in [-0.25, -0.2) is 9.18 Å². The molecule has 0 spiro atoms. The Bertz CT molecular complexity index is 997. The van der Waals surface area contributed by atoms with E-state index in [1.807, 2.05) is 0 Å². The van der Waals surface area contributed by atoms with Gasteiger partial charge in [-0.1, -0.05) is 0 Å². The van der Waals surface area contributed by atoms with Crippen LogP contribution in [-0.4, -0.2) is 51.8 Å². The standard InChI is InChI=1S/C27H34FNO5/c1-26(33)12-22(25(31)32)29(13-26)24(30)20-7-19(18-2-3-18)23(8-21(20)28)34-14-27-9-15-4-16(10-27)6-17(5-15)11-27/h7-8,15-18,22,33H,2-6,9-14H2,1H3,(H,31,32)/t15?,16?,17?,22-,26?,27?/m0/s1. The van der Waals surface area contributed by atoms with Crippen LogP contribution in [-0.2, 0) is 4.79 Å². The highest BCUT2D eigenvalue weighted by Gasteiger charge is 2.51. The van der Waals surface area contributed by atoms with Crippen LogP contribution >= 0.6 is 0 Å². The zero-order valence-electron chi connectivity index (χ0n) is 19.8. The van der Waals surface area contributed by atoms with Crippen molar-refractivity contribution in [2.45, 2.75) is 82.3 Å². The first-order chi connectivity index (χ1) is 16.1. The summed E-state index contributed by atoms with van der Waals surface area (Å²) in [6.07, 6.45) is 9.59. The molecule has 2 N–H and O–H groups in total. The lowest BCUT2D eigenvalue weighted by atomic mass is 9.50. The SMILES string of the molecule is CC1(O)C[C@@H](C(=O)O)N(C(=O)c2cc(C3CC3)c(OCC34CC5CC(CC(C5)C3)C4)cc2F)C1. The molecule has 1 unspecified atom stereocenters. The number of likely N-dealkylation sites (tertiary alicyclic amines) is 1. The molecule has 7 rings (SSSR count). The third-order valence-electron chi connectivity index (χ3n) is 9.11. The maximum absolute atomic E-state index is 15.3. The Balaban J connectivity index is 1.25. The number of ether oxygens (including phenoxy) is 1. The van der Waals surface area contributed by atoms with Crippen LogP contribution < -0.4 is 4.74 Å². The number of halogens is 1. The lowest BCUT2D eigenvalue weighted by Gasteiger charge is -2.56. The van der Waals surface area contributed by atoms with Crippen LogP contribution in [0.25, 0.3) is 0 Å². The Morgan fingerprint density at radius 3 is 2.26 bits per heavy atom. The minimum Gasteiger partial charge on any atom is -0.493 e. The lowest BCUT2D eigenvalue weighted by molar-refractivity contribution is -0.141. The number of aliphatic carboxylic acids is 1. The number of rotatable bonds is 6. The normalized spacial score (nSPS) is 38.4. The van der Waals surface area contributed by atoms with E-state index >= 15 is 4.39 Å². The van der Waals surface area contributed by atoms with E-state index in [2.05, 4.69) is 0 Å². The van der Waals surface area contributed by atoms with Crippen molar-refractivity contribution in [2.75, 3.05) is 13.2 Å². The topological polar surface area (TPSA) is 87.1 Å². The molecule has 6 aliphatic rings. The van der Waals surface area contributed by atoms with Gasteiger partial charge in [0.05, 0.1) is 24.3 Å². The van der Waals surface area contributed by atoms with Gasteiger partial charge >= 0.3 is 5.97 Å². The molecule has 4 bridgehead atoms. The van der Waals surface area contributed by atoms with E-state index in [1.165, 1.54) is 51.5 Å². The average Bonchev–Trinajstić information content (AvgIpc) is 3.53. The van der Waals surface area contributed by atoms with Gasteiger partial charge in [-0.2, -0.15) is 0 Å². The number of aliphatic hydroxyl groups is 1. The summed E-state index contributed by atoms with van der Waals surface area (Å²) in [4.78, 5) is 26.0. The molecule has 184 valence electrons. The zero-order chi connectivity index (χ0) is 23.8. The van der Waals surface area contributed by atoms with Gasteiger partial charge in [0.25, 0.3) is 5.91 Å². The molecule has 6 fully saturated rings. The molecular weight excluding hydrogens is 437 g/mol. The van der Waals surface area contributed by atoms with Crippen molar-refractivity contribution in [1.29, 1.82) is 0 Å². The van der Waals surface area contributed by atoms with Crippen LogP contribution in [0.4, 0.5) is 4.39 Å². The number of β-amino-alcohol motifs (C(OH)–C–C–N with tert-alkyl or cyclic N) is 1. The molecule has 1 amide bonds. The maximum Gasteiger partial charge on any atom is 0.326 e. The predicted molar refractivity (Wildman–Crippen MR) is 122 cm³/mol. The summed E-state index contributed by atoms with van der Waals surface area (Å²) in [5.41, 5.74) is -0.383. The average molecular weight is 472 g/mol. The van der Waals surface area contributed by atoms with Crippen LogP contribution in [0.5, 0.6) is 5.75 Å². The summed E-state index contributed by atoms with van der Waals surface area (Å²) in [7, 11) is 0. The van der Waals surface area contributed by atoms with Crippen LogP contribution in [0.3, 0.4) is 0 Å². The smallest absolute Gasteiger partial charge is 0.326 e. The van der Waals surface area contributed by atoms with Crippen molar-refractivity contribution >= 4 is 11.9 Å². The van der Waals surface area contributed by atoms with Gasteiger partial charge in [-0.15, -0.1) is 0 Å². The number of hydrogen-bond acceptors (Lipinski definition) is 4. The summed E-state index contributed by atoms with van der Waals surface area (Å²) in [6.45, 7) is 1.98. The summed E-state index contributed by atoms with van der Waals surface area (Å²) in [5.74, 6) is 0.663. The van der Waals surface area contributed by atoms with E-state index in [-0.39, 0.29) is 29.9 Å². The van der Waals surface area contributed by atoms with Crippen molar-refractivity contribution in [1.82, 2.24) is 4.90 Å². The maximum atomic E-state index is 15.3. The monoisotopic (exact) mass is 471 g/mol. The largest absolute Gasteiger partial charge is 0.493 e. The number of nitrogens with zero attached hydrogens (tertiary/aromatic N) is 1.